The molecule has 0 heterocycles. The van der Waals surface area contributed by atoms with Crippen LogP contribution >= 0.6 is 0 Å². The first-order valence-corrected chi connectivity index (χ1v) is 3.89. The predicted octanol–water partition coefficient (Wildman–Crippen LogP) is 2.24. The normalized spacial score (nSPS) is 9.93. The Morgan fingerprint density at radius 1 is 1.50 bits per heavy atom. The van der Waals surface area contributed by atoms with Crippen LogP contribution in [0.3, 0.4) is 0 Å². The van der Waals surface area contributed by atoms with Crippen molar-refractivity contribution in [2.24, 2.45) is 0 Å². The maximum atomic E-state index is 13.1. The Kier molecular flexibility index (Phi) is 2.60. The van der Waals surface area contributed by atoms with E-state index in [1.807, 2.05) is 0 Å². The summed E-state index contributed by atoms with van der Waals surface area (Å²) in [4.78, 5) is 20.8. The molecule has 0 aromatic heterocycles. The Hall–Kier alpha value is -1.78. The SMILES string of the molecule is CC(=O)c1c(F)ccc(C)c1[N+](=O)[O-]. The van der Waals surface area contributed by atoms with Gasteiger partial charge in [0.15, 0.2) is 5.78 Å². The second-order valence-electron chi connectivity index (χ2n) is 2.90. The largest absolute Gasteiger partial charge is 0.294 e. The number of carbonyl (C=O) groups is 1. The molecule has 14 heavy (non-hydrogen) atoms. The molecular weight excluding hydrogens is 189 g/mol. The topological polar surface area (TPSA) is 60.2 Å². The molecule has 0 spiro atoms. The van der Waals surface area contributed by atoms with E-state index >= 15 is 0 Å². The van der Waals surface area contributed by atoms with Crippen LogP contribution in [0.25, 0.3) is 0 Å². The summed E-state index contributed by atoms with van der Waals surface area (Å²) in [5.41, 5.74) is -0.617. The molecule has 1 rings (SSSR count). The number of nitro groups is 1. The minimum atomic E-state index is -0.852. The van der Waals surface area contributed by atoms with Crippen LogP contribution in [0.2, 0.25) is 0 Å². The standard InChI is InChI=1S/C9H8FNO3/c1-5-3-4-7(10)8(6(2)12)9(5)11(13)14/h3-4H,1-2H3. The van der Waals surface area contributed by atoms with E-state index in [1.165, 1.54) is 13.0 Å². The van der Waals surface area contributed by atoms with E-state index < -0.39 is 27.8 Å². The van der Waals surface area contributed by atoms with Gasteiger partial charge in [0.05, 0.1) is 4.92 Å². The zero-order valence-electron chi connectivity index (χ0n) is 7.70. The Bertz CT molecular complexity index is 376. The van der Waals surface area contributed by atoms with Gasteiger partial charge in [0.1, 0.15) is 11.4 Å². The Morgan fingerprint density at radius 3 is 2.43 bits per heavy atom. The van der Waals surface area contributed by atoms with Gasteiger partial charge in [-0.15, -0.1) is 0 Å². The molecule has 1 aromatic rings. The molecule has 0 saturated carbocycles. The fourth-order valence-corrected chi connectivity index (χ4v) is 1.24. The number of benzene rings is 1. The summed E-state index contributed by atoms with van der Waals surface area (Å²) >= 11 is 0. The fraction of sp³-hybridized carbons (Fsp3) is 0.222. The maximum Gasteiger partial charge on any atom is 0.286 e. The number of nitrogens with zero attached hydrogens (tertiary/aromatic N) is 1. The first-order valence-electron chi connectivity index (χ1n) is 3.89. The predicted molar refractivity (Wildman–Crippen MR) is 47.8 cm³/mol. The number of rotatable bonds is 2. The maximum absolute atomic E-state index is 13.1. The monoisotopic (exact) mass is 197 g/mol. The van der Waals surface area contributed by atoms with Gasteiger partial charge in [-0.2, -0.15) is 0 Å². The van der Waals surface area contributed by atoms with Gasteiger partial charge in [0, 0.05) is 5.56 Å². The number of carbonyl (C=O) groups excluding carboxylic acids is 1. The second-order valence-corrected chi connectivity index (χ2v) is 2.90. The van der Waals surface area contributed by atoms with Crippen molar-refractivity contribution in [2.45, 2.75) is 13.8 Å². The highest BCUT2D eigenvalue weighted by molar-refractivity contribution is 5.98. The number of hydrogen-bond donors (Lipinski definition) is 0. The molecule has 5 heteroatoms. The summed E-state index contributed by atoms with van der Waals surface area (Å²) < 4.78 is 13.1. The lowest BCUT2D eigenvalue weighted by atomic mass is 10.0. The molecule has 0 fully saturated rings. The van der Waals surface area contributed by atoms with E-state index in [1.54, 1.807) is 0 Å². The lowest BCUT2D eigenvalue weighted by Gasteiger charge is -2.02. The average molecular weight is 197 g/mol. The molecule has 0 atom stereocenters. The summed E-state index contributed by atoms with van der Waals surface area (Å²) in [6, 6.07) is 2.33. The quantitative estimate of drug-likeness (QED) is 0.415. The van der Waals surface area contributed by atoms with E-state index in [9.17, 15) is 19.3 Å². The highest BCUT2D eigenvalue weighted by Crippen LogP contribution is 2.25. The van der Waals surface area contributed by atoms with Crippen molar-refractivity contribution in [3.63, 3.8) is 0 Å². The molecule has 74 valence electrons. The Labute approximate surface area is 79.5 Å². The smallest absolute Gasteiger partial charge is 0.286 e. The van der Waals surface area contributed by atoms with Crippen molar-refractivity contribution in [1.29, 1.82) is 0 Å². The Morgan fingerprint density at radius 2 is 2.07 bits per heavy atom. The van der Waals surface area contributed by atoms with Crippen molar-refractivity contribution in [3.8, 4) is 0 Å². The number of hydrogen-bond acceptors (Lipinski definition) is 3. The Balaban J connectivity index is 3.58. The molecule has 1 aromatic carbocycles. The van der Waals surface area contributed by atoms with Gasteiger partial charge in [0.25, 0.3) is 5.69 Å². The first kappa shape index (κ1) is 10.3. The van der Waals surface area contributed by atoms with Crippen molar-refractivity contribution in [2.75, 3.05) is 0 Å². The van der Waals surface area contributed by atoms with Crippen LogP contribution < -0.4 is 0 Å². The van der Waals surface area contributed by atoms with Gasteiger partial charge in [-0.25, -0.2) is 4.39 Å². The van der Waals surface area contributed by atoms with Gasteiger partial charge in [-0.3, -0.25) is 14.9 Å². The third-order valence-electron chi connectivity index (χ3n) is 1.86. The summed E-state index contributed by atoms with van der Waals surface area (Å²) in [6.07, 6.45) is 0. The van der Waals surface area contributed by atoms with E-state index in [0.717, 1.165) is 13.0 Å². The van der Waals surface area contributed by atoms with Gasteiger partial charge in [-0.05, 0) is 26.0 Å². The van der Waals surface area contributed by atoms with Crippen molar-refractivity contribution < 1.29 is 14.1 Å². The van der Waals surface area contributed by atoms with Crippen LogP contribution in [0.15, 0.2) is 12.1 Å². The lowest BCUT2D eigenvalue weighted by Crippen LogP contribution is -2.05. The summed E-state index contributed by atoms with van der Waals surface area (Å²) in [5, 5.41) is 10.6. The van der Waals surface area contributed by atoms with Crippen molar-refractivity contribution >= 4 is 11.5 Å². The molecule has 0 N–H and O–H groups in total. The van der Waals surface area contributed by atoms with Gasteiger partial charge < -0.3 is 0 Å². The highest BCUT2D eigenvalue weighted by atomic mass is 19.1. The molecule has 0 radical (unpaired) electrons. The van der Waals surface area contributed by atoms with E-state index in [-0.39, 0.29) is 5.56 Å². The highest BCUT2D eigenvalue weighted by Gasteiger charge is 2.24. The summed E-state index contributed by atoms with van der Waals surface area (Å²) in [7, 11) is 0. The molecule has 0 aliphatic carbocycles. The zero-order chi connectivity index (χ0) is 10.9. The van der Waals surface area contributed by atoms with Crippen LogP contribution in [0.4, 0.5) is 10.1 Å². The summed E-state index contributed by atoms with van der Waals surface area (Å²) in [5.74, 6) is -1.49. The minimum absolute atomic E-state index is 0.279. The van der Waals surface area contributed by atoms with E-state index in [0.29, 0.717) is 0 Å². The number of nitro benzene ring substituents is 1. The molecule has 0 unspecified atom stereocenters. The summed E-state index contributed by atoms with van der Waals surface area (Å²) in [6.45, 7) is 2.56. The molecule has 0 aliphatic rings. The lowest BCUT2D eigenvalue weighted by molar-refractivity contribution is -0.385. The number of aryl methyl sites for hydroxylation is 1. The fourth-order valence-electron chi connectivity index (χ4n) is 1.24. The van der Waals surface area contributed by atoms with Crippen LogP contribution in [-0.4, -0.2) is 10.7 Å². The zero-order valence-corrected chi connectivity index (χ0v) is 7.70. The molecule has 0 bridgehead atoms. The molecular formula is C9H8FNO3. The van der Waals surface area contributed by atoms with Crippen LogP contribution in [0, 0.1) is 22.9 Å². The molecule has 4 nitrogen and oxygen atoms in total. The third kappa shape index (κ3) is 1.61. The first-order chi connectivity index (χ1) is 6.45. The minimum Gasteiger partial charge on any atom is -0.294 e. The van der Waals surface area contributed by atoms with Crippen LogP contribution in [0.5, 0.6) is 0 Å². The van der Waals surface area contributed by atoms with Gasteiger partial charge >= 0.3 is 0 Å². The number of ketones is 1. The number of Topliss-reactive ketones (excluding diaryl/α,β-unsaturated/α-hetero) is 1. The van der Waals surface area contributed by atoms with Crippen LogP contribution in [-0.2, 0) is 0 Å². The van der Waals surface area contributed by atoms with E-state index in [2.05, 4.69) is 0 Å². The molecule has 0 saturated heterocycles. The molecule has 0 amide bonds. The van der Waals surface area contributed by atoms with E-state index in [4.69, 9.17) is 0 Å². The van der Waals surface area contributed by atoms with Gasteiger partial charge in [0.2, 0.25) is 0 Å². The van der Waals surface area contributed by atoms with Crippen LogP contribution in [0.1, 0.15) is 22.8 Å². The van der Waals surface area contributed by atoms with Crippen molar-refractivity contribution in [1.82, 2.24) is 0 Å². The average Bonchev–Trinajstić information content (AvgIpc) is 2.07. The number of halogens is 1. The molecule has 0 aliphatic heterocycles. The second kappa shape index (κ2) is 3.53. The third-order valence-corrected chi connectivity index (χ3v) is 1.86. The van der Waals surface area contributed by atoms with Crippen molar-refractivity contribution in [3.05, 3.63) is 39.2 Å². The van der Waals surface area contributed by atoms with Gasteiger partial charge in [-0.1, -0.05) is 0 Å².